The first-order valence-electron chi connectivity index (χ1n) is 11.5. The van der Waals surface area contributed by atoms with Crippen LogP contribution in [-0.4, -0.2) is 60.6 Å². The maximum atomic E-state index is 13.2. The fourth-order valence-corrected chi connectivity index (χ4v) is 5.21. The largest absolute Gasteiger partial charge is 0.490 e. The van der Waals surface area contributed by atoms with E-state index in [4.69, 9.17) is 26.4 Å². The van der Waals surface area contributed by atoms with Crippen molar-refractivity contribution in [3.05, 3.63) is 58.0 Å². The van der Waals surface area contributed by atoms with E-state index in [2.05, 4.69) is 0 Å². The Morgan fingerprint density at radius 1 is 1.11 bits per heavy atom. The van der Waals surface area contributed by atoms with E-state index in [9.17, 15) is 9.59 Å². The van der Waals surface area contributed by atoms with Gasteiger partial charge in [-0.25, -0.2) is 0 Å². The minimum atomic E-state index is -0.152. The third kappa shape index (κ3) is 5.86. The molecule has 0 atom stereocenters. The molecule has 35 heavy (non-hydrogen) atoms. The molecule has 2 saturated heterocycles. The molecule has 2 aromatic rings. The predicted molar refractivity (Wildman–Crippen MR) is 142 cm³/mol. The maximum absolute atomic E-state index is 13.2. The summed E-state index contributed by atoms with van der Waals surface area (Å²) in [6.45, 7) is 8.45. The molecule has 2 fully saturated rings. The van der Waals surface area contributed by atoms with Crippen LogP contribution in [0.1, 0.15) is 23.6 Å². The highest BCUT2D eigenvalue weighted by molar-refractivity contribution is 8.27. The summed E-state index contributed by atoms with van der Waals surface area (Å²) in [6, 6.07) is 11.3. The molecule has 9 heteroatoms. The standard InChI is InChI=1S/C26H28N2O5S2/c1-4-32-22-14-19(6-8-21(22)33-16-24(29)27-9-11-31-12-10-27)15-23-25(30)28(26(34)35-23)20-7-5-17(2)13-18(20)3/h5-8,13-15H,4,9-12,16H2,1-3H3/b23-15+. The third-order valence-corrected chi connectivity index (χ3v) is 6.97. The highest BCUT2D eigenvalue weighted by atomic mass is 32.2. The van der Waals surface area contributed by atoms with E-state index in [1.807, 2.05) is 51.1 Å². The lowest BCUT2D eigenvalue weighted by Crippen LogP contribution is -2.43. The van der Waals surface area contributed by atoms with Crippen molar-refractivity contribution in [1.29, 1.82) is 0 Å². The minimum absolute atomic E-state index is 0.0754. The highest BCUT2D eigenvalue weighted by Crippen LogP contribution is 2.38. The van der Waals surface area contributed by atoms with E-state index in [0.29, 0.717) is 53.6 Å². The van der Waals surface area contributed by atoms with Crippen molar-refractivity contribution in [1.82, 2.24) is 4.90 Å². The Hall–Kier alpha value is -2.88. The van der Waals surface area contributed by atoms with E-state index in [1.165, 1.54) is 11.8 Å². The van der Waals surface area contributed by atoms with Crippen LogP contribution in [0.15, 0.2) is 41.3 Å². The SMILES string of the molecule is CCOc1cc(/C=C2/SC(=S)N(c3ccc(C)cc3C)C2=O)ccc1OCC(=O)N1CCOCC1. The number of carbonyl (C=O) groups excluding carboxylic acids is 2. The molecule has 0 radical (unpaired) electrons. The molecule has 0 aliphatic carbocycles. The first kappa shape index (κ1) is 25.2. The van der Waals surface area contributed by atoms with E-state index in [-0.39, 0.29) is 18.4 Å². The minimum Gasteiger partial charge on any atom is -0.490 e. The third-order valence-electron chi connectivity index (χ3n) is 5.67. The monoisotopic (exact) mass is 512 g/mol. The van der Waals surface area contributed by atoms with Crippen molar-refractivity contribution in [3.8, 4) is 11.5 Å². The van der Waals surface area contributed by atoms with Crippen LogP contribution in [0.5, 0.6) is 11.5 Å². The Kier molecular flexibility index (Phi) is 8.10. The van der Waals surface area contributed by atoms with E-state index in [0.717, 1.165) is 22.4 Å². The van der Waals surface area contributed by atoms with Gasteiger partial charge in [0.2, 0.25) is 0 Å². The number of nitrogens with zero attached hydrogens (tertiary/aromatic N) is 2. The van der Waals surface area contributed by atoms with E-state index in [1.54, 1.807) is 21.9 Å². The molecule has 0 unspecified atom stereocenters. The molecule has 4 rings (SSSR count). The van der Waals surface area contributed by atoms with Gasteiger partial charge in [-0.05, 0) is 56.2 Å². The number of carbonyl (C=O) groups is 2. The summed E-state index contributed by atoms with van der Waals surface area (Å²) in [5, 5.41) is 0. The first-order valence-corrected chi connectivity index (χ1v) is 12.7. The lowest BCUT2D eigenvalue weighted by molar-refractivity contribution is -0.137. The van der Waals surface area contributed by atoms with Gasteiger partial charge in [-0.1, -0.05) is 47.7 Å². The van der Waals surface area contributed by atoms with Crippen molar-refractivity contribution in [3.63, 3.8) is 0 Å². The van der Waals surface area contributed by atoms with E-state index < -0.39 is 0 Å². The number of hydrogen-bond donors (Lipinski definition) is 0. The molecule has 7 nitrogen and oxygen atoms in total. The smallest absolute Gasteiger partial charge is 0.270 e. The fourth-order valence-electron chi connectivity index (χ4n) is 3.93. The van der Waals surface area contributed by atoms with Crippen molar-refractivity contribution < 1.29 is 23.8 Å². The molecular weight excluding hydrogens is 484 g/mol. The lowest BCUT2D eigenvalue weighted by atomic mass is 10.1. The molecule has 0 bridgehead atoms. The summed E-state index contributed by atoms with van der Waals surface area (Å²) in [6.07, 6.45) is 1.80. The number of anilines is 1. The second-order valence-electron chi connectivity index (χ2n) is 8.23. The molecule has 2 aliphatic heterocycles. The van der Waals surface area contributed by atoms with Crippen LogP contribution in [0.25, 0.3) is 6.08 Å². The average molecular weight is 513 g/mol. The van der Waals surface area contributed by atoms with Crippen molar-refractivity contribution in [2.24, 2.45) is 0 Å². The molecule has 2 aromatic carbocycles. The topological polar surface area (TPSA) is 68.3 Å². The van der Waals surface area contributed by atoms with Crippen LogP contribution in [0, 0.1) is 13.8 Å². The van der Waals surface area contributed by atoms with Gasteiger partial charge in [-0.15, -0.1) is 0 Å². The number of aryl methyl sites for hydroxylation is 2. The Labute approximate surface area is 215 Å². The number of benzene rings is 2. The molecule has 0 spiro atoms. The highest BCUT2D eigenvalue weighted by Gasteiger charge is 2.34. The van der Waals surface area contributed by atoms with Gasteiger partial charge in [0, 0.05) is 13.1 Å². The normalized spacial score (nSPS) is 17.3. The second kappa shape index (κ2) is 11.2. The summed E-state index contributed by atoms with van der Waals surface area (Å²) in [7, 11) is 0. The zero-order chi connectivity index (χ0) is 24.9. The molecule has 2 aliphatic rings. The Balaban J connectivity index is 1.51. The van der Waals surface area contributed by atoms with Crippen LogP contribution in [0.4, 0.5) is 5.69 Å². The van der Waals surface area contributed by atoms with Gasteiger partial charge in [-0.2, -0.15) is 0 Å². The van der Waals surface area contributed by atoms with Crippen molar-refractivity contribution in [2.75, 3.05) is 44.4 Å². The molecule has 0 saturated carbocycles. The average Bonchev–Trinajstić information content (AvgIpc) is 3.12. The number of thiocarbonyl (C=S) groups is 1. The fraction of sp³-hybridized carbons (Fsp3) is 0.346. The summed E-state index contributed by atoms with van der Waals surface area (Å²) >= 11 is 6.80. The van der Waals surface area contributed by atoms with Crippen LogP contribution in [-0.2, 0) is 14.3 Å². The van der Waals surface area contributed by atoms with Gasteiger partial charge in [0.15, 0.2) is 22.4 Å². The van der Waals surface area contributed by atoms with E-state index >= 15 is 0 Å². The maximum Gasteiger partial charge on any atom is 0.270 e. The zero-order valence-electron chi connectivity index (χ0n) is 20.0. The van der Waals surface area contributed by atoms with Crippen LogP contribution >= 0.6 is 24.0 Å². The lowest BCUT2D eigenvalue weighted by Gasteiger charge is -2.26. The molecule has 2 heterocycles. The number of thioether (sulfide) groups is 1. The number of rotatable bonds is 7. The number of morpholine rings is 1. The molecule has 2 amide bonds. The van der Waals surface area contributed by atoms with Gasteiger partial charge in [0.05, 0.1) is 30.4 Å². The van der Waals surface area contributed by atoms with Gasteiger partial charge in [0.1, 0.15) is 0 Å². The van der Waals surface area contributed by atoms with Crippen molar-refractivity contribution >= 4 is 51.9 Å². The van der Waals surface area contributed by atoms with Crippen LogP contribution in [0.3, 0.4) is 0 Å². The second-order valence-corrected chi connectivity index (χ2v) is 9.90. The Morgan fingerprint density at radius 2 is 1.89 bits per heavy atom. The molecular formula is C26H28N2O5S2. The Morgan fingerprint density at radius 3 is 2.60 bits per heavy atom. The molecule has 0 aromatic heterocycles. The van der Waals surface area contributed by atoms with Crippen molar-refractivity contribution in [2.45, 2.75) is 20.8 Å². The zero-order valence-corrected chi connectivity index (χ0v) is 21.7. The predicted octanol–water partition coefficient (Wildman–Crippen LogP) is 4.35. The van der Waals surface area contributed by atoms with Gasteiger partial charge < -0.3 is 19.1 Å². The summed E-state index contributed by atoms with van der Waals surface area (Å²) in [5.74, 6) is 0.755. The Bertz CT molecular complexity index is 1170. The molecule has 0 N–H and O–H groups in total. The van der Waals surface area contributed by atoms with Crippen LogP contribution < -0.4 is 14.4 Å². The van der Waals surface area contributed by atoms with Gasteiger partial charge in [-0.3, -0.25) is 14.5 Å². The number of ether oxygens (including phenoxy) is 3. The van der Waals surface area contributed by atoms with Gasteiger partial charge >= 0.3 is 0 Å². The van der Waals surface area contributed by atoms with Crippen LogP contribution in [0.2, 0.25) is 0 Å². The summed E-state index contributed by atoms with van der Waals surface area (Å²) < 4.78 is 17.3. The summed E-state index contributed by atoms with van der Waals surface area (Å²) in [4.78, 5) is 29.5. The number of amides is 2. The first-order chi connectivity index (χ1) is 16.9. The number of hydrogen-bond acceptors (Lipinski definition) is 7. The summed E-state index contributed by atoms with van der Waals surface area (Å²) in [5.41, 5.74) is 3.70. The van der Waals surface area contributed by atoms with Gasteiger partial charge in [0.25, 0.3) is 11.8 Å². The molecule has 184 valence electrons. The quantitative estimate of drug-likeness (QED) is 0.404.